The first-order valence-electron chi connectivity index (χ1n) is 7.47. The fourth-order valence-electron chi connectivity index (χ4n) is 2.23. The van der Waals surface area contributed by atoms with Crippen LogP contribution in [0.15, 0.2) is 71.3 Å². The molecule has 0 fully saturated rings. The summed E-state index contributed by atoms with van der Waals surface area (Å²) in [7, 11) is 0. The molecule has 0 aliphatic heterocycles. The number of hydrogen-bond acceptors (Lipinski definition) is 3. The summed E-state index contributed by atoms with van der Waals surface area (Å²) in [6.45, 7) is 1.99. The third-order valence-electron chi connectivity index (χ3n) is 3.44. The third kappa shape index (κ3) is 4.00. The number of carbonyl (C=O) groups excluding carboxylic acids is 1. The van der Waals surface area contributed by atoms with Crippen LogP contribution in [0, 0.1) is 6.92 Å². The van der Waals surface area contributed by atoms with E-state index in [1.165, 1.54) is 0 Å². The number of hydrogen-bond donors (Lipinski definition) is 2. The largest absolute Gasteiger partial charge is 0.339 e. The van der Waals surface area contributed by atoms with Crippen molar-refractivity contribution < 1.29 is 4.79 Å². The standard InChI is InChI=1S/C19H16BrN3O/c1-13-5-4-6-15(11-13)22-19(24)14-9-10-18(21-12-14)23-17-8-3-2-7-16(17)20/h2-12H,1H3,(H,21,23)(H,22,24). The van der Waals surface area contributed by atoms with Crippen molar-refractivity contribution in [3.8, 4) is 0 Å². The van der Waals surface area contributed by atoms with Crippen molar-refractivity contribution in [3.63, 3.8) is 0 Å². The van der Waals surface area contributed by atoms with Crippen molar-refractivity contribution in [1.29, 1.82) is 0 Å². The second-order valence-electron chi connectivity index (χ2n) is 5.36. The van der Waals surface area contributed by atoms with E-state index >= 15 is 0 Å². The predicted octanol–water partition coefficient (Wildman–Crippen LogP) is 5.15. The molecule has 0 aliphatic rings. The number of carbonyl (C=O) groups is 1. The van der Waals surface area contributed by atoms with Crippen LogP contribution in [0.3, 0.4) is 0 Å². The van der Waals surface area contributed by atoms with Crippen LogP contribution in [0.2, 0.25) is 0 Å². The molecule has 0 unspecified atom stereocenters. The van der Waals surface area contributed by atoms with Gasteiger partial charge in [-0.2, -0.15) is 0 Å². The number of anilines is 3. The molecule has 2 aromatic carbocycles. The molecule has 3 aromatic rings. The van der Waals surface area contributed by atoms with Gasteiger partial charge in [-0.05, 0) is 64.8 Å². The van der Waals surface area contributed by atoms with E-state index in [0.717, 1.165) is 21.4 Å². The second kappa shape index (κ2) is 7.27. The first kappa shape index (κ1) is 16.2. The Bertz CT molecular complexity index is 862. The van der Waals surface area contributed by atoms with Crippen molar-refractivity contribution in [2.75, 3.05) is 10.6 Å². The minimum atomic E-state index is -0.180. The molecule has 3 rings (SSSR count). The Morgan fingerprint density at radius 1 is 1.04 bits per heavy atom. The highest BCUT2D eigenvalue weighted by Crippen LogP contribution is 2.24. The lowest BCUT2D eigenvalue weighted by Gasteiger charge is -2.09. The maximum Gasteiger partial charge on any atom is 0.257 e. The maximum atomic E-state index is 12.3. The van der Waals surface area contributed by atoms with Crippen LogP contribution >= 0.6 is 15.9 Å². The van der Waals surface area contributed by atoms with E-state index in [1.807, 2.05) is 55.5 Å². The van der Waals surface area contributed by atoms with Gasteiger partial charge in [-0.15, -0.1) is 0 Å². The van der Waals surface area contributed by atoms with E-state index in [0.29, 0.717) is 11.4 Å². The molecule has 0 spiro atoms. The summed E-state index contributed by atoms with van der Waals surface area (Å²) in [6, 6.07) is 19.0. The summed E-state index contributed by atoms with van der Waals surface area (Å²) in [5.74, 6) is 0.495. The Balaban J connectivity index is 1.70. The van der Waals surface area contributed by atoms with Gasteiger partial charge in [0.2, 0.25) is 0 Å². The molecule has 1 heterocycles. The molecule has 1 aromatic heterocycles. The molecule has 1 amide bonds. The van der Waals surface area contributed by atoms with Crippen LogP contribution in [0.4, 0.5) is 17.2 Å². The fourth-order valence-corrected chi connectivity index (χ4v) is 2.61. The molecule has 4 nitrogen and oxygen atoms in total. The minimum absolute atomic E-state index is 0.180. The summed E-state index contributed by atoms with van der Waals surface area (Å²) < 4.78 is 0.952. The number of halogens is 1. The lowest BCUT2D eigenvalue weighted by molar-refractivity contribution is 0.102. The second-order valence-corrected chi connectivity index (χ2v) is 6.21. The zero-order chi connectivity index (χ0) is 16.9. The van der Waals surface area contributed by atoms with E-state index in [-0.39, 0.29) is 5.91 Å². The number of benzene rings is 2. The van der Waals surface area contributed by atoms with Gasteiger partial charge in [0.25, 0.3) is 5.91 Å². The molecule has 2 N–H and O–H groups in total. The van der Waals surface area contributed by atoms with Gasteiger partial charge in [-0.3, -0.25) is 4.79 Å². The van der Waals surface area contributed by atoms with Crippen LogP contribution in [-0.2, 0) is 0 Å². The molecule has 120 valence electrons. The fraction of sp³-hybridized carbons (Fsp3) is 0.0526. The number of rotatable bonds is 4. The van der Waals surface area contributed by atoms with E-state index in [1.54, 1.807) is 18.3 Å². The third-order valence-corrected chi connectivity index (χ3v) is 4.13. The molecule has 0 saturated carbocycles. The molecule has 0 bridgehead atoms. The van der Waals surface area contributed by atoms with Crippen molar-refractivity contribution in [2.24, 2.45) is 0 Å². The summed E-state index contributed by atoms with van der Waals surface area (Å²) in [5, 5.41) is 6.08. The summed E-state index contributed by atoms with van der Waals surface area (Å²) >= 11 is 3.48. The topological polar surface area (TPSA) is 54.0 Å². The highest BCUT2D eigenvalue weighted by Gasteiger charge is 2.07. The number of nitrogens with zero attached hydrogens (tertiary/aromatic N) is 1. The zero-order valence-electron chi connectivity index (χ0n) is 13.1. The van der Waals surface area contributed by atoms with Gasteiger partial charge in [0.05, 0.1) is 11.3 Å². The van der Waals surface area contributed by atoms with Crippen LogP contribution in [0.5, 0.6) is 0 Å². The van der Waals surface area contributed by atoms with Crippen molar-refractivity contribution in [2.45, 2.75) is 6.92 Å². The van der Waals surface area contributed by atoms with Gasteiger partial charge in [-0.1, -0.05) is 24.3 Å². The Morgan fingerprint density at radius 2 is 1.88 bits per heavy atom. The average molecular weight is 382 g/mol. The van der Waals surface area contributed by atoms with Crippen LogP contribution < -0.4 is 10.6 Å². The number of aromatic nitrogens is 1. The van der Waals surface area contributed by atoms with Crippen LogP contribution in [0.1, 0.15) is 15.9 Å². The van der Waals surface area contributed by atoms with Gasteiger partial charge in [-0.25, -0.2) is 4.98 Å². The predicted molar refractivity (Wildman–Crippen MR) is 101 cm³/mol. The van der Waals surface area contributed by atoms with E-state index < -0.39 is 0 Å². The highest BCUT2D eigenvalue weighted by molar-refractivity contribution is 9.10. The molecule has 0 aliphatic carbocycles. The first-order chi connectivity index (χ1) is 11.6. The Labute approximate surface area is 149 Å². The number of pyridine rings is 1. The van der Waals surface area contributed by atoms with E-state index in [9.17, 15) is 4.79 Å². The normalized spacial score (nSPS) is 10.2. The quantitative estimate of drug-likeness (QED) is 0.656. The summed E-state index contributed by atoms with van der Waals surface area (Å²) in [6.07, 6.45) is 1.56. The smallest absolute Gasteiger partial charge is 0.257 e. The lowest BCUT2D eigenvalue weighted by atomic mass is 10.2. The SMILES string of the molecule is Cc1cccc(NC(=O)c2ccc(Nc3ccccc3Br)nc2)c1. The molecule has 24 heavy (non-hydrogen) atoms. The lowest BCUT2D eigenvalue weighted by Crippen LogP contribution is -2.12. The van der Waals surface area contributed by atoms with Crippen molar-refractivity contribution >= 4 is 39.0 Å². The van der Waals surface area contributed by atoms with Crippen molar-refractivity contribution in [1.82, 2.24) is 4.98 Å². The van der Waals surface area contributed by atoms with Crippen LogP contribution in [-0.4, -0.2) is 10.9 Å². The number of aryl methyl sites for hydroxylation is 1. The first-order valence-corrected chi connectivity index (χ1v) is 8.27. The Hall–Kier alpha value is -2.66. The Morgan fingerprint density at radius 3 is 2.58 bits per heavy atom. The average Bonchev–Trinajstić information content (AvgIpc) is 2.57. The molecule has 0 radical (unpaired) electrons. The number of nitrogens with one attached hydrogen (secondary N) is 2. The van der Waals surface area contributed by atoms with Gasteiger partial charge in [0.15, 0.2) is 0 Å². The molecule has 0 atom stereocenters. The molecular weight excluding hydrogens is 366 g/mol. The highest BCUT2D eigenvalue weighted by atomic mass is 79.9. The van der Waals surface area contributed by atoms with E-state index in [4.69, 9.17) is 0 Å². The molecule has 5 heteroatoms. The molecular formula is C19H16BrN3O. The number of para-hydroxylation sites is 1. The van der Waals surface area contributed by atoms with Gasteiger partial charge < -0.3 is 10.6 Å². The van der Waals surface area contributed by atoms with Crippen molar-refractivity contribution in [3.05, 3.63) is 82.5 Å². The zero-order valence-corrected chi connectivity index (χ0v) is 14.7. The minimum Gasteiger partial charge on any atom is -0.339 e. The summed E-state index contributed by atoms with van der Waals surface area (Å²) in [5.41, 5.74) is 3.30. The van der Waals surface area contributed by atoms with Gasteiger partial charge in [0, 0.05) is 16.4 Å². The van der Waals surface area contributed by atoms with Gasteiger partial charge in [0.1, 0.15) is 5.82 Å². The number of amides is 1. The molecule has 0 saturated heterocycles. The van der Waals surface area contributed by atoms with Gasteiger partial charge >= 0.3 is 0 Å². The monoisotopic (exact) mass is 381 g/mol. The van der Waals surface area contributed by atoms with E-state index in [2.05, 4.69) is 31.5 Å². The maximum absolute atomic E-state index is 12.3. The summed E-state index contributed by atoms with van der Waals surface area (Å²) in [4.78, 5) is 16.6. The van der Waals surface area contributed by atoms with Crippen LogP contribution in [0.25, 0.3) is 0 Å². The Kier molecular flexibility index (Phi) is 4.91.